The van der Waals surface area contributed by atoms with E-state index in [1.807, 2.05) is 0 Å². The Balaban J connectivity index is 2.32. The van der Waals surface area contributed by atoms with Crippen LogP contribution < -0.4 is 15.2 Å². The van der Waals surface area contributed by atoms with Gasteiger partial charge in [-0.15, -0.1) is 10.2 Å². The van der Waals surface area contributed by atoms with E-state index in [1.54, 1.807) is 9.44 Å². The molecule has 0 unspecified atom stereocenters. The molecule has 0 saturated heterocycles. The Morgan fingerprint density at radius 3 is 2.04 bits per heavy atom. The summed E-state index contributed by atoms with van der Waals surface area (Å²) in [5, 5.41) is 6.56. The van der Waals surface area contributed by atoms with Crippen LogP contribution in [0.2, 0.25) is 0 Å². The molecule has 0 bridgehead atoms. The van der Waals surface area contributed by atoms with E-state index in [2.05, 4.69) is 10.2 Å². The number of hydrogen-bond donors (Lipinski definition) is 3. The first-order valence-corrected chi connectivity index (χ1v) is 8.03. The number of nitrogens with zero attached hydrogens (tertiary/aromatic N) is 2. The standard InChI is InChI=1S/C12H7F6N5O2S/c13-11(14,15)5-2-1-4(9-10(5)23-26(24,25)22-9)8-6(12(16,17)18)3-7(19)20-21-8/h1-3,22-23H,(H2,19,20). The minimum atomic E-state index is -4.96. The van der Waals surface area contributed by atoms with Crippen LogP contribution in [0.25, 0.3) is 11.3 Å². The zero-order chi connectivity index (χ0) is 19.5. The molecule has 26 heavy (non-hydrogen) atoms. The molecule has 4 N–H and O–H groups in total. The molecule has 3 rings (SSSR count). The quantitative estimate of drug-likeness (QED) is 0.639. The first-order valence-electron chi connectivity index (χ1n) is 6.55. The van der Waals surface area contributed by atoms with Crippen LogP contribution in [-0.2, 0) is 22.6 Å². The van der Waals surface area contributed by atoms with Gasteiger partial charge in [-0.05, 0) is 18.2 Å². The number of nitrogen functional groups attached to an aromatic ring is 1. The zero-order valence-corrected chi connectivity index (χ0v) is 13.0. The number of hydrogen-bond acceptors (Lipinski definition) is 5. The molecular weight excluding hydrogens is 392 g/mol. The molecule has 0 spiro atoms. The van der Waals surface area contributed by atoms with Crippen molar-refractivity contribution in [1.82, 2.24) is 10.2 Å². The van der Waals surface area contributed by atoms with Crippen LogP contribution in [-0.4, -0.2) is 18.6 Å². The summed E-state index contributed by atoms with van der Waals surface area (Å²) in [6.45, 7) is 0. The lowest BCUT2D eigenvalue weighted by Crippen LogP contribution is -2.14. The van der Waals surface area contributed by atoms with Crippen molar-refractivity contribution in [2.24, 2.45) is 0 Å². The molecule has 0 aliphatic carbocycles. The maximum Gasteiger partial charge on any atom is 0.418 e. The van der Waals surface area contributed by atoms with Gasteiger partial charge in [0.25, 0.3) is 0 Å². The highest BCUT2D eigenvalue weighted by atomic mass is 32.2. The van der Waals surface area contributed by atoms with Crippen molar-refractivity contribution >= 4 is 27.4 Å². The highest BCUT2D eigenvalue weighted by Crippen LogP contribution is 2.48. The molecule has 1 aromatic carbocycles. The Morgan fingerprint density at radius 1 is 0.885 bits per heavy atom. The molecule has 140 valence electrons. The van der Waals surface area contributed by atoms with Crippen LogP contribution in [0.15, 0.2) is 18.2 Å². The van der Waals surface area contributed by atoms with Crippen LogP contribution >= 0.6 is 0 Å². The highest BCUT2D eigenvalue weighted by molar-refractivity contribution is 7.94. The van der Waals surface area contributed by atoms with E-state index < -0.39 is 62.1 Å². The fraction of sp³-hybridized carbons (Fsp3) is 0.167. The number of fused-ring (bicyclic) bond motifs is 1. The SMILES string of the molecule is Nc1cc(C(F)(F)F)c(-c2ccc(C(F)(F)F)c3c2NS(=O)(=O)N3)nn1. The van der Waals surface area contributed by atoms with Gasteiger partial charge in [0.05, 0.1) is 22.5 Å². The van der Waals surface area contributed by atoms with Gasteiger partial charge in [0.1, 0.15) is 11.5 Å². The second-order valence-electron chi connectivity index (χ2n) is 5.15. The molecule has 7 nitrogen and oxygen atoms in total. The average Bonchev–Trinajstić information content (AvgIpc) is 2.79. The van der Waals surface area contributed by atoms with Crippen LogP contribution in [0.4, 0.5) is 43.5 Å². The Morgan fingerprint density at radius 2 is 1.46 bits per heavy atom. The van der Waals surface area contributed by atoms with Crippen LogP contribution in [0.1, 0.15) is 11.1 Å². The maximum absolute atomic E-state index is 13.2. The van der Waals surface area contributed by atoms with Crippen molar-refractivity contribution in [3.8, 4) is 11.3 Å². The van der Waals surface area contributed by atoms with E-state index in [4.69, 9.17) is 5.73 Å². The van der Waals surface area contributed by atoms with Gasteiger partial charge < -0.3 is 5.73 Å². The number of rotatable bonds is 1. The van der Waals surface area contributed by atoms with Gasteiger partial charge in [-0.3, -0.25) is 9.44 Å². The third-order valence-electron chi connectivity index (χ3n) is 3.36. The number of benzene rings is 1. The van der Waals surface area contributed by atoms with Gasteiger partial charge >= 0.3 is 22.6 Å². The summed E-state index contributed by atoms with van der Waals surface area (Å²) < 4.78 is 105. The minimum absolute atomic E-state index is 0.446. The number of alkyl halides is 6. The lowest BCUT2D eigenvalue weighted by molar-refractivity contribution is -0.138. The summed E-state index contributed by atoms with van der Waals surface area (Å²) in [7, 11) is -4.43. The molecule has 0 atom stereocenters. The topological polar surface area (TPSA) is 110 Å². The summed E-state index contributed by atoms with van der Waals surface area (Å²) in [5.41, 5.74) is -0.617. The lowest BCUT2D eigenvalue weighted by atomic mass is 10.00. The van der Waals surface area contributed by atoms with Gasteiger partial charge in [0, 0.05) is 5.56 Å². The Bertz CT molecular complexity index is 1000. The van der Waals surface area contributed by atoms with E-state index in [0.717, 1.165) is 0 Å². The zero-order valence-electron chi connectivity index (χ0n) is 12.2. The van der Waals surface area contributed by atoms with Crippen molar-refractivity contribution in [2.75, 3.05) is 15.2 Å². The molecule has 2 heterocycles. The monoisotopic (exact) mass is 399 g/mol. The van der Waals surface area contributed by atoms with Crippen molar-refractivity contribution in [3.05, 3.63) is 29.3 Å². The number of anilines is 3. The summed E-state index contributed by atoms with van der Waals surface area (Å²) >= 11 is 0. The number of nitrogens with two attached hydrogens (primary N) is 1. The normalized spacial score (nSPS) is 15.9. The molecule has 1 aromatic heterocycles. The summed E-state index contributed by atoms with van der Waals surface area (Å²) in [6.07, 6.45) is -9.91. The lowest BCUT2D eigenvalue weighted by Gasteiger charge is -2.16. The molecule has 0 amide bonds. The van der Waals surface area contributed by atoms with Crippen molar-refractivity contribution in [2.45, 2.75) is 12.4 Å². The van der Waals surface area contributed by atoms with Gasteiger partial charge in [-0.2, -0.15) is 34.8 Å². The van der Waals surface area contributed by atoms with Gasteiger partial charge in [-0.1, -0.05) is 0 Å². The Kier molecular flexibility index (Phi) is 3.72. The van der Waals surface area contributed by atoms with E-state index >= 15 is 0 Å². The van der Waals surface area contributed by atoms with Crippen molar-refractivity contribution in [1.29, 1.82) is 0 Å². The predicted octanol–water partition coefficient (Wildman–Crippen LogP) is 2.85. The second kappa shape index (κ2) is 5.36. The summed E-state index contributed by atoms with van der Waals surface area (Å²) in [5.74, 6) is -0.566. The number of aromatic nitrogens is 2. The largest absolute Gasteiger partial charge is 0.418 e. The Hall–Kier alpha value is -2.77. The Labute approximate surface area is 141 Å². The van der Waals surface area contributed by atoms with E-state index in [-0.39, 0.29) is 0 Å². The maximum atomic E-state index is 13.2. The molecule has 14 heteroatoms. The van der Waals surface area contributed by atoms with E-state index in [0.29, 0.717) is 18.2 Å². The second-order valence-corrected chi connectivity index (χ2v) is 6.56. The smallest absolute Gasteiger partial charge is 0.382 e. The van der Waals surface area contributed by atoms with Crippen molar-refractivity contribution in [3.63, 3.8) is 0 Å². The van der Waals surface area contributed by atoms with E-state index in [1.165, 1.54) is 0 Å². The number of nitrogens with one attached hydrogen (secondary N) is 2. The van der Waals surface area contributed by atoms with Gasteiger partial charge in [0.2, 0.25) is 0 Å². The third-order valence-corrected chi connectivity index (χ3v) is 4.30. The van der Waals surface area contributed by atoms with E-state index in [9.17, 15) is 34.8 Å². The van der Waals surface area contributed by atoms with Crippen LogP contribution in [0, 0.1) is 0 Å². The molecule has 0 fully saturated rings. The first kappa shape index (κ1) is 18.0. The molecule has 0 radical (unpaired) electrons. The average molecular weight is 399 g/mol. The van der Waals surface area contributed by atoms with Gasteiger partial charge in [0.15, 0.2) is 0 Å². The van der Waals surface area contributed by atoms with Crippen molar-refractivity contribution < 1.29 is 34.8 Å². The van der Waals surface area contributed by atoms with Gasteiger partial charge in [-0.25, -0.2) is 0 Å². The predicted molar refractivity (Wildman–Crippen MR) is 78.0 cm³/mol. The first-order chi connectivity index (χ1) is 11.8. The summed E-state index contributed by atoms with van der Waals surface area (Å²) in [4.78, 5) is 0. The number of halogens is 6. The fourth-order valence-electron chi connectivity index (χ4n) is 2.36. The molecule has 2 aromatic rings. The van der Waals surface area contributed by atoms with Crippen LogP contribution in [0.3, 0.4) is 0 Å². The molecule has 1 aliphatic rings. The fourth-order valence-corrected chi connectivity index (χ4v) is 3.38. The molecular formula is C12H7F6N5O2S. The summed E-state index contributed by atoms with van der Waals surface area (Å²) in [6, 6.07) is 1.57. The third kappa shape index (κ3) is 3.07. The molecule has 1 aliphatic heterocycles. The highest BCUT2D eigenvalue weighted by Gasteiger charge is 2.42. The van der Waals surface area contributed by atoms with Crippen LogP contribution in [0.5, 0.6) is 0 Å². The molecule has 0 saturated carbocycles. The minimum Gasteiger partial charge on any atom is -0.382 e.